The summed E-state index contributed by atoms with van der Waals surface area (Å²) in [7, 11) is 0. The summed E-state index contributed by atoms with van der Waals surface area (Å²) in [5.74, 6) is 0.835. The molecule has 0 aliphatic rings. The minimum Gasteiger partial charge on any atom is -0.468 e. The van der Waals surface area contributed by atoms with Crippen LogP contribution in [0, 0.1) is 0 Å². The molecule has 1 aromatic heterocycles. The Bertz CT molecular complexity index is 213. The minimum atomic E-state index is 0.512. The Hall–Kier alpha value is -0.680. The van der Waals surface area contributed by atoms with Crippen molar-refractivity contribution < 1.29 is 4.74 Å². The van der Waals surface area contributed by atoms with E-state index in [4.69, 9.17) is 10.5 Å². The highest BCUT2D eigenvalue weighted by atomic mass is 32.1. The summed E-state index contributed by atoms with van der Waals surface area (Å²) in [5.41, 5.74) is 5.25. The fourth-order valence-electron chi connectivity index (χ4n) is 0.586. The SMILES string of the molecule is CCc1nsc(OCCN)n1. The fraction of sp³-hybridized carbons (Fsp3) is 0.667. The first kappa shape index (κ1) is 8.42. The molecule has 1 heterocycles. The Morgan fingerprint density at radius 1 is 1.64 bits per heavy atom. The van der Waals surface area contributed by atoms with Gasteiger partial charge in [0.05, 0.1) is 0 Å². The zero-order valence-corrected chi connectivity index (χ0v) is 7.23. The predicted octanol–water partition coefficient (Wildman–Crippen LogP) is 0.438. The molecule has 1 aromatic rings. The highest BCUT2D eigenvalue weighted by molar-refractivity contribution is 7.07. The summed E-state index contributed by atoms with van der Waals surface area (Å²) < 4.78 is 9.21. The Kier molecular flexibility index (Phi) is 3.25. The number of nitrogens with two attached hydrogens (primary N) is 1. The number of rotatable bonds is 4. The van der Waals surface area contributed by atoms with E-state index in [1.807, 2.05) is 6.92 Å². The van der Waals surface area contributed by atoms with Crippen molar-refractivity contribution in [3.63, 3.8) is 0 Å². The summed E-state index contributed by atoms with van der Waals surface area (Å²) >= 11 is 1.28. The third-order valence-electron chi connectivity index (χ3n) is 1.11. The smallest absolute Gasteiger partial charge is 0.293 e. The van der Waals surface area contributed by atoms with Gasteiger partial charge < -0.3 is 10.5 Å². The predicted molar refractivity (Wildman–Crippen MR) is 43.8 cm³/mol. The minimum absolute atomic E-state index is 0.512. The van der Waals surface area contributed by atoms with Crippen LogP contribution in [0.5, 0.6) is 5.19 Å². The van der Waals surface area contributed by atoms with Crippen LogP contribution < -0.4 is 10.5 Å². The van der Waals surface area contributed by atoms with E-state index in [9.17, 15) is 0 Å². The summed E-state index contributed by atoms with van der Waals surface area (Å²) in [4.78, 5) is 4.10. The average molecular weight is 173 g/mol. The van der Waals surface area contributed by atoms with Gasteiger partial charge in [-0.2, -0.15) is 9.36 Å². The van der Waals surface area contributed by atoms with Crippen LogP contribution in [0.2, 0.25) is 0 Å². The van der Waals surface area contributed by atoms with E-state index in [-0.39, 0.29) is 0 Å². The molecule has 0 spiro atoms. The van der Waals surface area contributed by atoms with Gasteiger partial charge in [-0.1, -0.05) is 6.92 Å². The molecule has 0 aliphatic carbocycles. The van der Waals surface area contributed by atoms with E-state index in [1.165, 1.54) is 11.5 Å². The molecule has 5 heteroatoms. The van der Waals surface area contributed by atoms with E-state index in [0.717, 1.165) is 12.2 Å². The second-order valence-electron chi connectivity index (χ2n) is 1.97. The molecule has 0 atom stereocenters. The number of hydrogen-bond donors (Lipinski definition) is 1. The van der Waals surface area contributed by atoms with E-state index in [2.05, 4.69) is 9.36 Å². The zero-order valence-electron chi connectivity index (χ0n) is 6.41. The van der Waals surface area contributed by atoms with Gasteiger partial charge in [-0.05, 0) is 0 Å². The van der Waals surface area contributed by atoms with Gasteiger partial charge in [0.25, 0.3) is 5.19 Å². The highest BCUT2D eigenvalue weighted by Crippen LogP contribution is 2.13. The molecule has 0 radical (unpaired) electrons. The monoisotopic (exact) mass is 173 g/mol. The molecule has 0 fully saturated rings. The molecule has 0 aliphatic heterocycles. The third kappa shape index (κ3) is 2.44. The third-order valence-corrected chi connectivity index (χ3v) is 1.78. The molecule has 0 aromatic carbocycles. The molecule has 0 amide bonds. The zero-order chi connectivity index (χ0) is 8.10. The van der Waals surface area contributed by atoms with E-state index >= 15 is 0 Å². The second-order valence-corrected chi connectivity index (χ2v) is 2.68. The standard InChI is InChI=1S/C6H11N3OS/c1-2-5-8-6(11-9-5)10-4-3-7/h2-4,7H2,1H3. The first-order valence-electron chi connectivity index (χ1n) is 3.52. The van der Waals surface area contributed by atoms with E-state index in [1.54, 1.807) is 0 Å². The maximum absolute atomic E-state index is 5.25. The van der Waals surface area contributed by atoms with Crippen molar-refractivity contribution >= 4 is 11.5 Å². The average Bonchev–Trinajstić information content (AvgIpc) is 2.48. The molecule has 4 nitrogen and oxygen atoms in total. The first-order valence-corrected chi connectivity index (χ1v) is 4.29. The van der Waals surface area contributed by atoms with Gasteiger partial charge in [0.15, 0.2) is 0 Å². The molecular weight excluding hydrogens is 162 g/mol. The second kappa shape index (κ2) is 4.25. The van der Waals surface area contributed by atoms with Gasteiger partial charge in [0.1, 0.15) is 12.4 Å². The van der Waals surface area contributed by atoms with Gasteiger partial charge >= 0.3 is 0 Å². The van der Waals surface area contributed by atoms with E-state index < -0.39 is 0 Å². The lowest BCUT2D eigenvalue weighted by molar-refractivity contribution is 0.326. The van der Waals surface area contributed by atoms with Crippen molar-refractivity contribution in [1.29, 1.82) is 0 Å². The molecule has 0 saturated heterocycles. The van der Waals surface area contributed by atoms with Crippen molar-refractivity contribution in [3.8, 4) is 5.19 Å². The Morgan fingerprint density at radius 3 is 3.00 bits per heavy atom. The lowest BCUT2D eigenvalue weighted by Gasteiger charge is -1.95. The van der Waals surface area contributed by atoms with Crippen molar-refractivity contribution in [2.45, 2.75) is 13.3 Å². The molecule has 1 rings (SSSR count). The van der Waals surface area contributed by atoms with Crippen LogP contribution in [0.15, 0.2) is 0 Å². The maximum Gasteiger partial charge on any atom is 0.293 e. The van der Waals surface area contributed by atoms with Crippen LogP contribution in [0.1, 0.15) is 12.7 Å². The van der Waals surface area contributed by atoms with Crippen LogP contribution in [0.25, 0.3) is 0 Å². The van der Waals surface area contributed by atoms with Gasteiger partial charge in [0.2, 0.25) is 0 Å². The maximum atomic E-state index is 5.25. The van der Waals surface area contributed by atoms with Crippen molar-refractivity contribution in [1.82, 2.24) is 9.36 Å². The largest absolute Gasteiger partial charge is 0.468 e. The quantitative estimate of drug-likeness (QED) is 0.717. The number of aromatic nitrogens is 2. The topological polar surface area (TPSA) is 61.0 Å². The van der Waals surface area contributed by atoms with Crippen molar-refractivity contribution in [2.75, 3.05) is 13.2 Å². The van der Waals surface area contributed by atoms with E-state index in [0.29, 0.717) is 18.3 Å². The van der Waals surface area contributed by atoms with Gasteiger partial charge in [-0.3, -0.25) is 0 Å². The Balaban J connectivity index is 2.44. The molecular formula is C6H11N3OS. The molecule has 62 valence electrons. The van der Waals surface area contributed by atoms with Crippen LogP contribution in [0.4, 0.5) is 0 Å². The number of ether oxygens (including phenoxy) is 1. The van der Waals surface area contributed by atoms with Crippen molar-refractivity contribution in [3.05, 3.63) is 5.82 Å². The Morgan fingerprint density at radius 2 is 2.45 bits per heavy atom. The summed E-state index contributed by atoms with van der Waals surface area (Å²) in [5, 5.41) is 0.618. The first-order chi connectivity index (χ1) is 5.36. The Labute approximate surface area is 69.6 Å². The molecule has 0 bridgehead atoms. The fourth-order valence-corrected chi connectivity index (χ4v) is 1.22. The van der Waals surface area contributed by atoms with Gasteiger partial charge in [-0.25, -0.2) is 0 Å². The number of nitrogens with zero attached hydrogens (tertiary/aromatic N) is 2. The van der Waals surface area contributed by atoms with Gasteiger partial charge in [0, 0.05) is 24.5 Å². The van der Waals surface area contributed by atoms with Crippen LogP contribution in [-0.4, -0.2) is 22.5 Å². The number of hydrogen-bond acceptors (Lipinski definition) is 5. The van der Waals surface area contributed by atoms with Crippen LogP contribution in [-0.2, 0) is 6.42 Å². The molecule has 2 N–H and O–H groups in total. The molecule has 0 unspecified atom stereocenters. The summed E-state index contributed by atoms with van der Waals surface area (Å²) in [6.07, 6.45) is 0.850. The summed E-state index contributed by atoms with van der Waals surface area (Å²) in [6, 6.07) is 0. The number of aryl methyl sites for hydroxylation is 1. The lowest BCUT2D eigenvalue weighted by atomic mass is 10.5. The summed E-state index contributed by atoms with van der Waals surface area (Å²) in [6.45, 7) is 3.04. The highest BCUT2D eigenvalue weighted by Gasteiger charge is 2.00. The molecule has 11 heavy (non-hydrogen) atoms. The van der Waals surface area contributed by atoms with Crippen molar-refractivity contribution in [2.24, 2.45) is 5.73 Å². The van der Waals surface area contributed by atoms with Gasteiger partial charge in [-0.15, -0.1) is 0 Å². The normalized spacial score (nSPS) is 10.0. The van der Waals surface area contributed by atoms with Crippen LogP contribution >= 0.6 is 11.5 Å². The van der Waals surface area contributed by atoms with Crippen LogP contribution in [0.3, 0.4) is 0 Å². The molecule has 0 saturated carbocycles. The lowest BCUT2D eigenvalue weighted by Crippen LogP contribution is -2.10.